The third-order valence-corrected chi connectivity index (χ3v) is 4.91. The number of hydrogen-bond donors (Lipinski definition) is 1. The molecule has 0 saturated carbocycles. The van der Waals surface area contributed by atoms with Gasteiger partial charge >= 0.3 is 0 Å². The highest BCUT2D eigenvalue weighted by Crippen LogP contribution is 2.15. The summed E-state index contributed by atoms with van der Waals surface area (Å²) in [4.78, 5) is 33.9. The summed E-state index contributed by atoms with van der Waals surface area (Å²) in [6.07, 6.45) is 3.39. The Morgan fingerprint density at radius 1 is 1.10 bits per heavy atom. The van der Waals surface area contributed by atoms with Crippen molar-refractivity contribution in [3.63, 3.8) is 0 Å². The van der Waals surface area contributed by atoms with Crippen LogP contribution in [-0.2, 0) is 17.9 Å². The highest BCUT2D eigenvalue weighted by Gasteiger charge is 2.15. The molecule has 152 valence electrons. The Hall–Kier alpha value is -3.81. The van der Waals surface area contributed by atoms with E-state index in [1.54, 1.807) is 17.8 Å². The van der Waals surface area contributed by atoms with Gasteiger partial charge in [-0.25, -0.2) is 9.67 Å². The van der Waals surface area contributed by atoms with Crippen molar-refractivity contribution < 1.29 is 4.79 Å². The predicted octanol–water partition coefficient (Wildman–Crippen LogP) is 2.30. The van der Waals surface area contributed by atoms with Gasteiger partial charge in [-0.1, -0.05) is 23.8 Å². The number of benzene rings is 1. The summed E-state index contributed by atoms with van der Waals surface area (Å²) < 4.78 is 3.18. The zero-order valence-electron chi connectivity index (χ0n) is 16.9. The fourth-order valence-corrected chi connectivity index (χ4v) is 3.24. The molecule has 0 aliphatic carbocycles. The van der Waals surface area contributed by atoms with Gasteiger partial charge in [-0.3, -0.25) is 19.1 Å². The summed E-state index contributed by atoms with van der Waals surface area (Å²) in [6, 6.07) is 13.4. The molecule has 30 heavy (non-hydrogen) atoms. The van der Waals surface area contributed by atoms with E-state index in [1.807, 2.05) is 49.4 Å². The molecule has 0 atom stereocenters. The number of pyridine rings is 1. The number of amides is 1. The number of hydrogen-bond acceptors (Lipinski definition) is 5. The second-order valence-corrected chi connectivity index (χ2v) is 7.09. The molecule has 0 aliphatic heterocycles. The number of aromatic nitrogens is 5. The lowest BCUT2D eigenvalue weighted by Crippen LogP contribution is -2.29. The monoisotopic (exact) mass is 402 g/mol. The molecule has 8 heteroatoms. The van der Waals surface area contributed by atoms with Crippen molar-refractivity contribution in [2.75, 3.05) is 0 Å². The lowest BCUT2D eigenvalue weighted by atomic mass is 10.2. The van der Waals surface area contributed by atoms with E-state index in [1.165, 1.54) is 10.8 Å². The van der Waals surface area contributed by atoms with E-state index in [-0.39, 0.29) is 24.4 Å². The van der Waals surface area contributed by atoms with Crippen LogP contribution in [0.25, 0.3) is 16.7 Å². The van der Waals surface area contributed by atoms with Crippen molar-refractivity contribution >= 4 is 16.9 Å². The van der Waals surface area contributed by atoms with Crippen molar-refractivity contribution in [3.8, 4) is 5.69 Å². The minimum absolute atomic E-state index is 0.151. The summed E-state index contributed by atoms with van der Waals surface area (Å²) in [5.74, 6) is 0.390. The minimum Gasteiger partial charge on any atom is -0.350 e. The number of carbonyl (C=O) groups is 1. The Morgan fingerprint density at radius 2 is 1.90 bits per heavy atom. The van der Waals surface area contributed by atoms with E-state index < -0.39 is 0 Å². The van der Waals surface area contributed by atoms with Gasteiger partial charge in [-0.05, 0) is 38.1 Å². The van der Waals surface area contributed by atoms with Crippen LogP contribution in [0.2, 0.25) is 0 Å². The van der Waals surface area contributed by atoms with E-state index >= 15 is 0 Å². The molecule has 0 spiro atoms. The van der Waals surface area contributed by atoms with E-state index in [2.05, 4.69) is 20.4 Å². The van der Waals surface area contributed by atoms with Gasteiger partial charge in [0.05, 0.1) is 24.1 Å². The van der Waals surface area contributed by atoms with Crippen molar-refractivity contribution in [2.45, 2.75) is 33.4 Å². The number of rotatable bonds is 6. The second-order valence-electron chi connectivity index (χ2n) is 7.09. The van der Waals surface area contributed by atoms with Crippen LogP contribution in [0, 0.1) is 13.8 Å². The van der Waals surface area contributed by atoms with Gasteiger partial charge in [0, 0.05) is 19.2 Å². The van der Waals surface area contributed by atoms with Crippen LogP contribution in [0.5, 0.6) is 0 Å². The molecule has 3 aromatic heterocycles. The minimum atomic E-state index is -0.201. The Balaban J connectivity index is 1.51. The van der Waals surface area contributed by atoms with Gasteiger partial charge in [0.2, 0.25) is 5.91 Å². The highest BCUT2D eigenvalue weighted by molar-refractivity contribution is 5.76. The maximum atomic E-state index is 13.0. The van der Waals surface area contributed by atoms with Crippen LogP contribution >= 0.6 is 0 Å². The molecule has 3 heterocycles. The normalized spacial score (nSPS) is 11.0. The Labute approximate surface area is 173 Å². The van der Waals surface area contributed by atoms with Gasteiger partial charge in [0.25, 0.3) is 5.56 Å². The highest BCUT2D eigenvalue weighted by atomic mass is 16.2. The molecule has 8 nitrogen and oxygen atoms in total. The first-order valence-corrected chi connectivity index (χ1v) is 9.72. The second kappa shape index (κ2) is 8.28. The van der Waals surface area contributed by atoms with Crippen molar-refractivity contribution in [3.05, 3.63) is 82.3 Å². The summed E-state index contributed by atoms with van der Waals surface area (Å²) in [5.41, 5.74) is 3.08. The van der Waals surface area contributed by atoms with Crippen LogP contribution in [-0.4, -0.2) is 30.2 Å². The third-order valence-electron chi connectivity index (χ3n) is 4.91. The van der Waals surface area contributed by atoms with Crippen LogP contribution in [0.4, 0.5) is 0 Å². The summed E-state index contributed by atoms with van der Waals surface area (Å²) in [5, 5.41) is 7.60. The van der Waals surface area contributed by atoms with Gasteiger partial charge in [-0.15, -0.1) is 0 Å². The van der Waals surface area contributed by atoms with Crippen LogP contribution in [0.1, 0.15) is 23.5 Å². The number of nitrogens with zero attached hydrogens (tertiary/aromatic N) is 5. The first-order chi connectivity index (χ1) is 14.5. The molecule has 0 bridgehead atoms. The van der Waals surface area contributed by atoms with Crippen LogP contribution in [0.3, 0.4) is 0 Å². The lowest BCUT2D eigenvalue weighted by molar-refractivity contribution is -0.121. The molecule has 1 amide bonds. The first-order valence-electron chi connectivity index (χ1n) is 9.72. The number of carbonyl (C=O) groups excluding carboxylic acids is 1. The first kappa shape index (κ1) is 19.5. The third kappa shape index (κ3) is 3.98. The Bertz CT molecular complexity index is 1240. The SMILES string of the molecule is Cc1ccc(-n2ncc3c(=O)n(CCC(=O)NCc4ccccn4)c(C)nc32)cc1. The Morgan fingerprint density at radius 3 is 2.63 bits per heavy atom. The van der Waals surface area contributed by atoms with Gasteiger partial charge in [0.1, 0.15) is 11.2 Å². The smallest absolute Gasteiger partial charge is 0.264 e. The van der Waals surface area contributed by atoms with E-state index in [4.69, 9.17) is 0 Å². The van der Waals surface area contributed by atoms with Gasteiger partial charge in [-0.2, -0.15) is 5.10 Å². The Kier molecular flexibility index (Phi) is 5.38. The van der Waals surface area contributed by atoms with E-state index in [0.29, 0.717) is 23.4 Å². The van der Waals surface area contributed by atoms with Crippen LogP contribution < -0.4 is 10.9 Å². The topological polar surface area (TPSA) is 94.7 Å². The van der Waals surface area contributed by atoms with E-state index in [0.717, 1.165) is 16.9 Å². The van der Waals surface area contributed by atoms with Crippen molar-refractivity contribution in [2.24, 2.45) is 0 Å². The maximum absolute atomic E-state index is 13.0. The summed E-state index contributed by atoms with van der Waals surface area (Å²) in [7, 11) is 0. The molecule has 0 fully saturated rings. The maximum Gasteiger partial charge on any atom is 0.264 e. The molecule has 4 aromatic rings. The van der Waals surface area contributed by atoms with Crippen molar-refractivity contribution in [1.29, 1.82) is 0 Å². The van der Waals surface area contributed by atoms with E-state index in [9.17, 15) is 9.59 Å². The standard InChI is InChI=1S/C22H22N6O2/c1-15-6-8-18(9-7-15)28-21-19(14-25-28)22(30)27(16(2)26-21)12-10-20(29)24-13-17-5-3-4-11-23-17/h3-9,11,14H,10,12-13H2,1-2H3,(H,24,29). The van der Waals surface area contributed by atoms with Crippen LogP contribution in [0.15, 0.2) is 59.7 Å². The van der Waals surface area contributed by atoms with Gasteiger partial charge < -0.3 is 5.32 Å². The van der Waals surface area contributed by atoms with Gasteiger partial charge in [0.15, 0.2) is 5.65 Å². The number of nitrogens with one attached hydrogen (secondary N) is 1. The molecule has 0 aliphatic rings. The van der Waals surface area contributed by atoms with Crippen molar-refractivity contribution in [1.82, 2.24) is 29.6 Å². The molecule has 0 saturated heterocycles. The predicted molar refractivity (Wildman–Crippen MR) is 113 cm³/mol. The zero-order chi connectivity index (χ0) is 21.1. The zero-order valence-corrected chi connectivity index (χ0v) is 16.9. The fraction of sp³-hybridized carbons (Fsp3) is 0.227. The largest absolute Gasteiger partial charge is 0.350 e. The lowest BCUT2D eigenvalue weighted by Gasteiger charge is -2.10. The average Bonchev–Trinajstić information content (AvgIpc) is 3.17. The molecular weight excluding hydrogens is 380 g/mol. The number of fused-ring (bicyclic) bond motifs is 1. The number of aryl methyl sites for hydroxylation is 2. The summed E-state index contributed by atoms with van der Waals surface area (Å²) in [6.45, 7) is 4.38. The molecular formula is C22H22N6O2. The molecule has 0 radical (unpaired) electrons. The average molecular weight is 402 g/mol. The molecule has 0 unspecified atom stereocenters. The fourth-order valence-electron chi connectivity index (χ4n) is 3.24. The molecule has 4 rings (SSSR count). The molecule has 1 N–H and O–H groups in total. The summed E-state index contributed by atoms with van der Waals surface area (Å²) >= 11 is 0. The quantitative estimate of drug-likeness (QED) is 0.534. The molecule has 1 aromatic carbocycles.